The Bertz CT molecular complexity index is 605. The third-order valence-corrected chi connectivity index (χ3v) is 3.68. The quantitative estimate of drug-likeness (QED) is 0.855. The van der Waals surface area contributed by atoms with Crippen LogP contribution in [-0.2, 0) is 4.79 Å². The van der Waals surface area contributed by atoms with E-state index in [1.807, 2.05) is 38.1 Å². The summed E-state index contributed by atoms with van der Waals surface area (Å²) in [6.45, 7) is 3.96. The summed E-state index contributed by atoms with van der Waals surface area (Å²) in [5.41, 5.74) is 6.58. The molecule has 3 N–H and O–H groups in total. The average molecular weight is 285 g/mol. The number of carbonyl (C=O) groups is 1. The van der Waals surface area contributed by atoms with Gasteiger partial charge in [-0.1, -0.05) is 25.5 Å². The summed E-state index contributed by atoms with van der Waals surface area (Å²) in [4.78, 5) is 16.4. The second kappa shape index (κ2) is 7.18. The van der Waals surface area contributed by atoms with E-state index in [9.17, 15) is 4.79 Å². The largest absolute Gasteiger partial charge is 0.328 e. The summed E-state index contributed by atoms with van der Waals surface area (Å²) >= 11 is 0. The Balaban J connectivity index is 2.01. The van der Waals surface area contributed by atoms with Gasteiger partial charge in [0.05, 0.1) is 0 Å². The molecular formula is C17H23N3O. The van der Waals surface area contributed by atoms with Crippen LogP contribution in [-0.4, -0.2) is 16.9 Å². The van der Waals surface area contributed by atoms with Crippen LogP contribution in [0.5, 0.6) is 0 Å². The van der Waals surface area contributed by atoms with Gasteiger partial charge in [0.1, 0.15) is 0 Å². The highest BCUT2D eigenvalue weighted by Crippen LogP contribution is 2.23. The van der Waals surface area contributed by atoms with Gasteiger partial charge < -0.3 is 11.1 Å². The van der Waals surface area contributed by atoms with Gasteiger partial charge in [0.15, 0.2) is 0 Å². The smallest absolute Gasteiger partial charge is 0.227 e. The Kier molecular flexibility index (Phi) is 5.28. The number of hydrogen-bond acceptors (Lipinski definition) is 3. The van der Waals surface area contributed by atoms with Crippen LogP contribution in [0.3, 0.4) is 0 Å². The molecule has 0 aliphatic carbocycles. The molecule has 1 heterocycles. The highest BCUT2D eigenvalue weighted by atomic mass is 16.1. The van der Waals surface area contributed by atoms with Crippen molar-refractivity contribution in [3.05, 3.63) is 36.7 Å². The molecule has 1 amide bonds. The number of hydrogen-bond donors (Lipinski definition) is 2. The first-order valence-electron chi connectivity index (χ1n) is 7.47. The number of fused-ring (bicyclic) bond motifs is 1. The summed E-state index contributed by atoms with van der Waals surface area (Å²) in [6, 6.07) is 7.97. The zero-order valence-electron chi connectivity index (χ0n) is 12.7. The van der Waals surface area contributed by atoms with Crippen LogP contribution in [0, 0.1) is 5.92 Å². The number of aromatic nitrogens is 1. The van der Waals surface area contributed by atoms with E-state index in [-0.39, 0.29) is 17.9 Å². The number of amides is 1. The molecule has 0 saturated heterocycles. The van der Waals surface area contributed by atoms with Crippen molar-refractivity contribution < 1.29 is 4.79 Å². The molecule has 2 aromatic rings. The van der Waals surface area contributed by atoms with Crippen LogP contribution in [0.1, 0.15) is 33.1 Å². The Morgan fingerprint density at radius 2 is 2.10 bits per heavy atom. The molecule has 4 heteroatoms. The first kappa shape index (κ1) is 15.4. The van der Waals surface area contributed by atoms with Crippen molar-refractivity contribution >= 4 is 22.4 Å². The molecule has 21 heavy (non-hydrogen) atoms. The monoisotopic (exact) mass is 285 g/mol. The molecule has 4 nitrogen and oxygen atoms in total. The van der Waals surface area contributed by atoms with E-state index in [0.29, 0.717) is 0 Å². The van der Waals surface area contributed by atoms with Gasteiger partial charge in [0.2, 0.25) is 5.91 Å². The van der Waals surface area contributed by atoms with Crippen molar-refractivity contribution in [3.63, 3.8) is 0 Å². The fraction of sp³-hybridized carbons (Fsp3) is 0.412. The maximum atomic E-state index is 12.3. The Hall–Kier alpha value is -1.94. The van der Waals surface area contributed by atoms with E-state index in [1.54, 1.807) is 12.4 Å². The third-order valence-electron chi connectivity index (χ3n) is 3.68. The summed E-state index contributed by atoms with van der Waals surface area (Å²) in [6.07, 6.45) is 6.34. The van der Waals surface area contributed by atoms with Crippen molar-refractivity contribution in [3.8, 4) is 0 Å². The molecular weight excluding hydrogens is 262 g/mol. The zero-order chi connectivity index (χ0) is 15.2. The number of nitrogens with two attached hydrogens (primary N) is 1. The Morgan fingerprint density at radius 1 is 1.29 bits per heavy atom. The van der Waals surface area contributed by atoms with E-state index in [2.05, 4.69) is 10.3 Å². The lowest BCUT2D eigenvalue weighted by molar-refractivity contribution is -0.119. The molecule has 1 aromatic carbocycles. The van der Waals surface area contributed by atoms with Gasteiger partial charge in [-0.25, -0.2) is 0 Å². The molecule has 0 aliphatic rings. The predicted molar refractivity (Wildman–Crippen MR) is 87.0 cm³/mol. The molecule has 0 saturated carbocycles. The predicted octanol–water partition coefficient (Wildman–Crippen LogP) is 3.33. The summed E-state index contributed by atoms with van der Waals surface area (Å²) in [5.74, 6) is 0.0461. The molecule has 0 radical (unpaired) electrons. The second-order valence-electron chi connectivity index (χ2n) is 5.70. The van der Waals surface area contributed by atoms with Crippen molar-refractivity contribution in [1.29, 1.82) is 0 Å². The number of anilines is 1. The molecule has 2 rings (SSSR count). The average Bonchev–Trinajstić information content (AvgIpc) is 2.47. The van der Waals surface area contributed by atoms with Crippen molar-refractivity contribution in [1.82, 2.24) is 4.98 Å². The van der Waals surface area contributed by atoms with E-state index in [4.69, 9.17) is 5.73 Å². The normalized spacial score (nSPS) is 13.9. The van der Waals surface area contributed by atoms with Crippen LogP contribution >= 0.6 is 0 Å². The van der Waals surface area contributed by atoms with Crippen LogP contribution in [0.4, 0.5) is 5.69 Å². The fourth-order valence-corrected chi connectivity index (χ4v) is 2.36. The molecule has 2 unspecified atom stereocenters. The lowest BCUT2D eigenvalue weighted by Crippen LogP contribution is -2.21. The van der Waals surface area contributed by atoms with Crippen molar-refractivity contribution in [2.45, 2.75) is 39.2 Å². The third kappa shape index (κ3) is 4.26. The number of benzene rings is 1. The molecule has 1 aromatic heterocycles. The summed E-state index contributed by atoms with van der Waals surface area (Å²) in [7, 11) is 0. The topological polar surface area (TPSA) is 68.0 Å². The van der Waals surface area contributed by atoms with Gasteiger partial charge >= 0.3 is 0 Å². The van der Waals surface area contributed by atoms with Crippen LogP contribution < -0.4 is 11.1 Å². The van der Waals surface area contributed by atoms with E-state index < -0.39 is 0 Å². The lowest BCUT2D eigenvalue weighted by atomic mass is 10.0. The highest BCUT2D eigenvalue weighted by molar-refractivity contribution is 6.02. The van der Waals surface area contributed by atoms with Crippen molar-refractivity contribution in [2.75, 3.05) is 5.32 Å². The fourth-order valence-electron chi connectivity index (χ4n) is 2.36. The van der Waals surface area contributed by atoms with E-state index in [0.717, 1.165) is 35.7 Å². The van der Waals surface area contributed by atoms with Crippen LogP contribution in [0.25, 0.3) is 10.8 Å². The molecule has 2 atom stereocenters. The van der Waals surface area contributed by atoms with E-state index >= 15 is 0 Å². The second-order valence-corrected chi connectivity index (χ2v) is 5.70. The zero-order valence-corrected chi connectivity index (χ0v) is 12.7. The van der Waals surface area contributed by atoms with Gasteiger partial charge in [0, 0.05) is 40.8 Å². The minimum Gasteiger partial charge on any atom is -0.328 e. The van der Waals surface area contributed by atoms with Crippen LogP contribution in [0.15, 0.2) is 36.7 Å². The molecule has 0 spiro atoms. The maximum absolute atomic E-state index is 12.3. The first-order chi connectivity index (χ1) is 10.1. The lowest BCUT2D eigenvalue weighted by Gasteiger charge is -2.14. The Morgan fingerprint density at radius 3 is 2.86 bits per heavy atom. The van der Waals surface area contributed by atoms with Crippen molar-refractivity contribution in [2.24, 2.45) is 11.7 Å². The Labute approximate surface area is 125 Å². The van der Waals surface area contributed by atoms with Gasteiger partial charge in [-0.05, 0) is 31.9 Å². The minimum absolute atomic E-state index is 0.0131. The van der Waals surface area contributed by atoms with Gasteiger partial charge in [-0.15, -0.1) is 0 Å². The summed E-state index contributed by atoms with van der Waals surface area (Å²) < 4.78 is 0. The summed E-state index contributed by atoms with van der Waals surface area (Å²) in [5, 5.41) is 5.07. The SMILES string of the molecule is CC(N)CCCC(C)C(=O)Nc1cccc2cnccc12. The molecule has 112 valence electrons. The number of rotatable bonds is 6. The van der Waals surface area contributed by atoms with Gasteiger partial charge in [-0.2, -0.15) is 0 Å². The van der Waals surface area contributed by atoms with Gasteiger partial charge in [0.25, 0.3) is 0 Å². The first-order valence-corrected chi connectivity index (χ1v) is 7.47. The minimum atomic E-state index is -0.0131. The maximum Gasteiger partial charge on any atom is 0.227 e. The van der Waals surface area contributed by atoms with Crippen LogP contribution in [0.2, 0.25) is 0 Å². The number of nitrogens with one attached hydrogen (secondary N) is 1. The van der Waals surface area contributed by atoms with Gasteiger partial charge in [-0.3, -0.25) is 9.78 Å². The van der Waals surface area contributed by atoms with E-state index in [1.165, 1.54) is 0 Å². The highest BCUT2D eigenvalue weighted by Gasteiger charge is 2.14. The molecule has 0 fully saturated rings. The number of nitrogens with zero attached hydrogens (tertiary/aromatic N) is 1. The number of pyridine rings is 1. The standard InChI is InChI=1S/C17H23N3O/c1-12(5-3-6-13(2)18)17(21)20-16-8-4-7-14-11-19-10-9-15(14)16/h4,7-13H,3,5-6,18H2,1-2H3,(H,20,21). The molecule has 0 bridgehead atoms. The number of carbonyl (C=O) groups excluding carboxylic acids is 1. The molecule has 0 aliphatic heterocycles.